The van der Waals surface area contributed by atoms with Gasteiger partial charge in [0.05, 0.1) is 0 Å². The van der Waals surface area contributed by atoms with Crippen molar-refractivity contribution in [2.24, 2.45) is 0 Å². The van der Waals surface area contributed by atoms with Gasteiger partial charge in [0.25, 0.3) is 0 Å². The van der Waals surface area contributed by atoms with Crippen LogP contribution in [0.4, 0.5) is 0 Å². The van der Waals surface area contributed by atoms with Gasteiger partial charge >= 0.3 is 77.2 Å². The van der Waals surface area contributed by atoms with Gasteiger partial charge in [-0.3, -0.25) is 0 Å². The summed E-state index contributed by atoms with van der Waals surface area (Å²) in [6, 6.07) is 0. The molecule has 0 bridgehead atoms. The van der Waals surface area contributed by atoms with Crippen molar-refractivity contribution in [1.82, 2.24) is 0 Å². The van der Waals surface area contributed by atoms with E-state index in [2.05, 4.69) is 11.3 Å². The third-order valence-corrected chi connectivity index (χ3v) is 7.96. The molecule has 0 radical (unpaired) electrons. The summed E-state index contributed by atoms with van der Waals surface area (Å²) in [6.07, 6.45) is 0. The van der Waals surface area contributed by atoms with Crippen LogP contribution in [0.2, 0.25) is 0 Å². The fourth-order valence-electron chi connectivity index (χ4n) is 0.0830. The second-order valence-corrected chi connectivity index (χ2v) is 5.67. The minimum absolute atomic E-state index is 1.55. The summed E-state index contributed by atoms with van der Waals surface area (Å²) in [6.45, 7) is 2.19. The van der Waals surface area contributed by atoms with E-state index in [4.69, 9.17) is 0 Å². The Labute approximate surface area is 76.3 Å². The van der Waals surface area contributed by atoms with Crippen LogP contribution < -0.4 is 0 Å². The van der Waals surface area contributed by atoms with Crippen molar-refractivity contribution in [2.75, 3.05) is 0 Å². The molecule has 0 aromatic carbocycles. The summed E-state index contributed by atoms with van der Waals surface area (Å²) in [7, 11) is 0. The Kier molecular flexibility index (Phi) is 5.63. The van der Waals surface area contributed by atoms with Gasteiger partial charge in [0.1, 0.15) is 0 Å². The molecule has 0 amide bonds. The van der Waals surface area contributed by atoms with Crippen LogP contribution in [0.3, 0.4) is 0 Å². The van der Waals surface area contributed by atoms with Crippen LogP contribution in [0, 0.1) is 0 Å². The summed E-state index contributed by atoms with van der Waals surface area (Å²) >= 11 is 4.79. The standard InChI is InChI=1S/C4H4.3W/c1-3-4-2;;;/h1H,2H3;;;. The summed E-state index contributed by atoms with van der Waals surface area (Å²) < 4.78 is 5.35. The van der Waals surface area contributed by atoms with Crippen molar-refractivity contribution in [1.29, 1.82) is 0 Å². The molecule has 0 N–H and O–H groups in total. The van der Waals surface area contributed by atoms with Crippen LogP contribution in [0.1, 0.15) is 6.92 Å². The van der Waals surface area contributed by atoms with E-state index in [-0.39, 0.29) is 0 Å². The predicted molar refractivity (Wildman–Crippen MR) is 21.8 cm³/mol. The summed E-state index contributed by atoms with van der Waals surface area (Å²) in [5.74, 6) is 0. The predicted octanol–water partition coefficient (Wildman–Crippen LogP) is -0.206. The summed E-state index contributed by atoms with van der Waals surface area (Å²) in [5.41, 5.74) is 0. The van der Waals surface area contributed by atoms with E-state index in [1.165, 1.54) is 0 Å². The number of rotatable bonds is 2. The molecule has 0 aliphatic heterocycles. The molecule has 7 heavy (non-hydrogen) atoms. The zero-order valence-electron chi connectivity index (χ0n) is 3.80. The van der Waals surface area contributed by atoms with Crippen molar-refractivity contribution in [3.63, 3.8) is 0 Å². The van der Waals surface area contributed by atoms with E-state index in [0.717, 1.165) is 0 Å². The molecule has 0 aromatic heterocycles. The molecule has 0 aromatic rings. The molecule has 0 aliphatic rings. The third kappa shape index (κ3) is 4.20. The molecule has 0 rings (SSSR count). The van der Waals surface area contributed by atoms with Crippen molar-refractivity contribution in [3.8, 4) is 0 Å². The van der Waals surface area contributed by atoms with Crippen LogP contribution in [0.25, 0.3) is 0 Å². The molecule has 0 aliphatic carbocycles. The van der Waals surface area contributed by atoms with Gasteiger partial charge in [0, 0.05) is 0 Å². The summed E-state index contributed by atoms with van der Waals surface area (Å²) in [4.78, 5) is 0. The first-order valence-corrected chi connectivity index (χ1v) is 6.31. The Morgan fingerprint density at radius 1 is 1.43 bits per heavy atom. The van der Waals surface area contributed by atoms with Crippen LogP contribution in [-0.4, -0.2) is 12.2 Å². The fraction of sp³-hybridized carbons (Fsp3) is 0.250. The number of hydrogen-bond donors (Lipinski definition) is 0. The molecule has 38 valence electrons. The second-order valence-electron chi connectivity index (χ2n) is 1.04. The summed E-state index contributed by atoms with van der Waals surface area (Å²) in [5, 5.41) is 0. The van der Waals surface area contributed by atoms with E-state index in [1.807, 2.05) is 0 Å². The van der Waals surface area contributed by atoms with Gasteiger partial charge in [0.15, 0.2) is 0 Å². The van der Waals surface area contributed by atoms with Crippen molar-refractivity contribution in [3.05, 3.63) is 0 Å². The van der Waals surface area contributed by atoms with E-state index < -0.39 is 0 Å². The Bertz CT molecular complexity index is 114. The fourth-order valence-corrected chi connectivity index (χ4v) is 2.09. The monoisotopic (exact) mass is 604 g/mol. The van der Waals surface area contributed by atoms with Gasteiger partial charge in [-0.2, -0.15) is 0 Å². The van der Waals surface area contributed by atoms with Crippen molar-refractivity contribution >= 4 is 12.2 Å². The topological polar surface area (TPSA) is 0 Å². The molecule has 0 heterocycles. The number of hydrogen-bond acceptors (Lipinski definition) is 0. The molecule has 0 saturated carbocycles. The first-order chi connectivity index (χ1) is 3.18. The average Bonchev–Trinajstić information content (AvgIpc) is 1.65. The van der Waals surface area contributed by atoms with Gasteiger partial charge in [-0.1, -0.05) is 0 Å². The molecule has 0 fully saturated rings. The third-order valence-electron chi connectivity index (χ3n) is 0.454. The normalized spacial score (nSPS) is 7.57. The zero-order chi connectivity index (χ0) is 5.86. The molecule has 0 unspecified atom stereocenters. The quantitative estimate of drug-likeness (QED) is 0.411. The van der Waals surface area contributed by atoms with E-state index in [1.54, 1.807) is 65.9 Å². The molecular formula is C4H4W3. The van der Waals surface area contributed by atoms with Gasteiger partial charge in [-0.15, -0.1) is 0 Å². The van der Waals surface area contributed by atoms with E-state index >= 15 is 0 Å². The van der Waals surface area contributed by atoms with Crippen molar-refractivity contribution in [2.45, 2.75) is 6.92 Å². The van der Waals surface area contributed by atoms with Crippen LogP contribution in [0.15, 0.2) is 0 Å². The van der Waals surface area contributed by atoms with E-state index in [9.17, 15) is 0 Å². The minimum atomic E-state index is 1.55. The molecule has 0 saturated heterocycles. The second kappa shape index (κ2) is 4.54. The molecular weight excluding hydrogens is 600 g/mol. The van der Waals surface area contributed by atoms with E-state index in [0.29, 0.717) is 0 Å². The molecule has 0 nitrogen and oxygen atoms in total. The van der Waals surface area contributed by atoms with Gasteiger partial charge in [-0.05, 0) is 0 Å². The van der Waals surface area contributed by atoms with Crippen LogP contribution >= 0.6 is 0 Å². The molecule has 0 spiro atoms. The Hall–Kier alpha value is 1.67. The SMILES string of the molecule is C[C](=[W])[C](=[W])[CH]=[W]. The van der Waals surface area contributed by atoms with Gasteiger partial charge in [0.2, 0.25) is 0 Å². The molecule has 3 heteroatoms. The molecule has 0 atom stereocenters. The first kappa shape index (κ1) is 8.67. The maximum atomic E-state index is 2.26. The van der Waals surface area contributed by atoms with Gasteiger partial charge in [-0.25, -0.2) is 0 Å². The Morgan fingerprint density at radius 2 is 1.86 bits per heavy atom. The van der Waals surface area contributed by atoms with Crippen LogP contribution in [0.5, 0.6) is 0 Å². The Balaban J connectivity index is 3.81. The van der Waals surface area contributed by atoms with Crippen molar-refractivity contribution < 1.29 is 58.1 Å². The Morgan fingerprint density at radius 3 is 1.86 bits per heavy atom. The zero-order valence-corrected chi connectivity index (χ0v) is 12.6. The maximum absolute atomic E-state index is 2.26. The first-order valence-electron chi connectivity index (χ1n) is 1.68. The van der Waals surface area contributed by atoms with Gasteiger partial charge < -0.3 is 0 Å². The average molecular weight is 604 g/mol. The van der Waals surface area contributed by atoms with Crippen LogP contribution in [-0.2, 0) is 58.1 Å².